The maximum absolute atomic E-state index is 5.69. The second kappa shape index (κ2) is 5.63. The molecule has 1 aromatic heterocycles. The average Bonchev–Trinajstić information content (AvgIpc) is 2.16. The molecule has 0 aliphatic heterocycles. The standard InChI is InChI=1S/C12H20NO/c1-4-5-6-10-14-13-11(2)8-7-9-12(13)3/h7-9H,4-6,10H2,1-3H3/q+1. The van der Waals surface area contributed by atoms with E-state index >= 15 is 0 Å². The molecule has 2 heteroatoms. The van der Waals surface area contributed by atoms with Crippen molar-refractivity contribution in [3.8, 4) is 0 Å². The minimum atomic E-state index is 0.810. The molecule has 2 nitrogen and oxygen atoms in total. The van der Waals surface area contributed by atoms with E-state index in [1.807, 2.05) is 4.73 Å². The Hall–Kier alpha value is -1.05. The van der Waals surface area contributed by atoms with Crippen LogP contribution in [0.5, 0.6) is 0 Å². The molecule has 0 saturated heterocycles. The Bertz CT molecular complexity index is 263. The van der Waals surface area contributed by atoms with Crippen LogP contribution in [-0.2, 0) is 0 Å². The molecule has 1 rings (SSSR count). The molecular weight excluding hydrogens is 174 g/mol. The highest BCUT2D eigenvalue weighted by Gasteiger charge is 2.10. The van der Waals surface area contributed by atoms with Crippen molar-refractivity contribution in [3.63, 3.8) is 0 Å². The van der Waals surface area contributed by atoms with Gasteiger partial charge in [0.2, 0.25) is 11.4 Å². The summed E-state index contributed by atoms with van der Waals surface area (Å²) in [7, 11) is 0. The van der Waals surface area contributed by atoms with Crippen molar-refractivity contribution in [2.75, 3.05) is 6.61 Å². The van der Waals surface area contributed by atoms with Crippen LogP contribution in [0.4, 0.5) is 0 Å². The van der Waals surface area contributed by atoms with E-state index in [4.69, 9.17) is 4.84 Å². The third-order valence-corrected chi connectivity index (χ3v) is 2.28. The van der Waals surface area contributed by atoms with E-state index in [0.717, 1.165) is 24.4 Å². The molecule has 1 heterocycles. The predicted molar refractivity (Wildman–Crippen MR) is 57.1 cm³/mol. The highest BCUT2D eigenvalue weighted by atomic mass is 16.7. The molecule has 0 aromatic carbocycles. The summed E-state index contributed by atoms with van der Waals surface area (Å²) in [6.45, 7) is 7.13. The second-order valence-electron chi connectivity index (χ2n) is 3.64. The van der Waals surface area contributed by atoms with Crippen LogP contribution < -0.4 is 9.57 Å². The Morgan fingerprint density at radius 1 is 1.14 bits per heavy atom. The van der Waals surface area contributed by atoms with Crippen LogP contribution in [0.25, 0.3) is 0 Å². The Balaban J connectivity index is 2.49. The molecule has 0 unspecified atom stereocenters. The molecule has 0 saturated carbocycles. The summed E-state index contributed by atoms with van der Waals surface area (Å²) in [5, 5.41) is 0. The quantitative estimate of drug-likeness (QED) is 0.517. The average molecular weight is 194 g/mol. The number of rotatable bonds is 5. The van der Waals surface area contributed by atoms with Gasteiger partial charge >= 0.3 is 0 Å². The van der Waals surface area contributed by atoms with E-state index < -0.39 is 0 Å². The molecule has 0 spiro atoms. The molecule has 0 aliphatic rings. The largest absolute Gasteiger partial charge is 0.271 e. The Kier molecular flexibility index (Phi) is 4.44. The first-order valence-corrected chi connectivity index (χ1v) is 5.37. The predicted octanol–water partition coefficient (Wildman–Crippen LogP) is 2.21. The monoisotopic (exact) mass is 194 g/mol. The molecule has 14 heavy (non-hydrogen) atoms. The van der Waals surface area contributed by atoms with Crippen molar-refractivity contribution >= 4 is 0 Å². The van der Waals surface area contributed by atoms with Gasteiger partial charge in [-0.05, 0) is 12.5 Å². The zero-order valence-electron chi connectivity index (χ0n) is 9.42. The van der Waals surface area contributed by atoms with Crippen molar-refractivity contribution in [1.29, 1.82) is 0 Å². The third kappa shape index (κ3) is 3.02. The topological polar surface area (TPSA) is 13.1 Å². The number of unbranched alkanes of at least 4 members (excludes halogenated alkanes) is 2. The fraction of sp³-hybridized carbons (Fsp3) is 0.583. The number of pyridine rings is 1. The maximum atomic E-state index is 5.69. The number of aromatic nitrogens is 1. The zero-order valence-corrected chi connectivity index (χ0v) is 9.42. The summed E-state index contributed by atoms with van der Waals surface area (Å²) in [6.07, 6.45) is 3.61. The van der Waals surface area contributed by atoms with E-state index in [9.17, 15) is 0 Å². The minimum Gasteiger partial charge on any atom is -0.271 e. The highest BCUT2D eigenvalue weighted by molar-refractivity contribution is 5.00. The van der Waals surface area contributed by atoms with E-state index in [1.54, 1.807) is 0 Å². The lowest BCUT2D eigenvalue weighted by Gasteiger charge is -2.02. The molecule has 1 aromatic rings. The van der Waals surface area contributed by atoms with Gasteiger partial charge in [-0.3, -0.25) is 4.84 Å². The lowest BCUT2D eigenvalue weighted by Crippen LogP contribution is -2.48. The summed E-state index contributed by atoms with van der Waals surface area (Å²) in [5.41, 5.74) is 2.31. The first-order valence-electron chi connectivity index (χ1n) is 5.37. The van der Waals surface area contributed by atoms with Crippen LogP contribution in [0.2, 0.25) is 0 Å². The van der Waals surface area contributed by atoms with Gasteiger partial charge in [-0.25, -0.2) is 0 Å². The van der Waals surface area contributed by atoms with Gasteiger partial charge < -0.3 is 0 Å². The third-order valence-electron chi connectivity index (χ3n) is 2.28. The van der Waals surface area contributed by atoms with E-state index in [1.165, 1.54) is 12.8 Å². The van der Waals surface area contributed by atoms with Crippen LogP contribution >= 0.6 is 0 Å². The number of hydrogen-bond donors (Lipinski definition) is 0. The molecular formula is C12H20NO+. The van der Waals surface area contributed by atoms with E-state index in [0.29, 0.717) is 0 Å². The molecule has 0 atom stereocenters. The molecule has 0 aliphatic carbocycles. The summed E-state index contributed by atoms with van der Waals surface area (Å²) in [5.74, 6) is 0. The lowest BCUT2D eigenvalue weighted by atomic mass is 10.3. The van der Waals surface area contributed by atoms with Gasteiger partial charge in [0.1, 0.15) is 0 Å². The van der Waals surface area contributed by atoms with Crippen LogP contribution in [0.1, 0.15) is 37.6 Å². The fourth-order valence-corrected chi connectivity index (χ4v) is 1.45. The second-order valence-corrected chi connectivity index (χ2v) is 3.64. The summed E-state index contributed by atoms with van der Waals surface area (Å²) in [4.78, 5) is 5.69. The maximum Gasteiger partial charge on any atom is 0.231 e. The summed E-state index contributed by atoms with van der Waals surface area (Å²) in [6, 6.07) is 6.18. The molecule has 0 bridgehead atoms. The Labute approximate surface area is 86.5 Å². The summed E-state index contributed by atoms with van der Waals surface area (Å²) >= 11 is 0. The molecule has 0 fully saturated rings. The Morgan fingerprint density at radius 2 is 1.79 bits per heavy atom. The van der Waals surface area contributed by atoms with Crippen molar-refractivity contribution < 1.29 is 9.57 Å². The number of hydrogen-bond acceptors (Lipinski definition) is 1. The minimum absolute atomic E-state index is 0.810. The highest BCUT2D eigenvalue weighted by Crippen LogP contribution is 1.94. The van der Waals surface area contributed by atoms with Gasteiger partial charge in [0.25, 0.3) is 0 Å². The van der Waals surface area contributed by atoms with Crippen molar-refractivity contribution in [2.24, 2.45) is 0 Å². The van der Waals surface area contributed by atoms with Gasteiger partial charge in [0, 0.05) is 30.7 Å². The van der Waals surface area contributed by atoms with Crippen molar-refractivity contribution in [3.05, 3.63) is 29.6 Å². The van der Waals surface area contributed by atoms with E-state index in [2.05, 4.69) is 39.0 Å². The fourth-order valence-electron chi connectivity index (χ4n) is 1.45. The normalized spacial score (nSPS) is 10.2. The zero-order chi connectivity index (χ0) is 10.4. The Morgan fingerprint density at radius 3 is 2.36 bits per heavy atom. The molecule has 0 radical (unpaired) electrons. The van der Waals surface area contributed by atoms with Gasteiger partial charge in [-0.1, -0.05) is 19.8 Å². The first kappa shape index (κ1) is 11.0. The molecule has 0 amide bonds. The number of aryl methyl sites for hydroxylation is 2. The van der Waals surface area contributed by atoms with Gasteiger partial charge in [0.05, 0.1) is 0 Å². The SMILES string of the molecule is CCCCCO[n+]1c(C)cccc1C. The van der Waals surface area contributed by atoms with Crippen LogP contribution in [0.15, 0.2) is 18.2 Å². The van der Waals surface area contributed by atoms with Crippen LogP contribution in [0, 0.1) is 13.8 Å². The van der Waals surface area contributed by atoms with Gasteiger partial charge in [-0.2, -0.15) is 0 Å². The first-order chi connectivity index (χ1) is 6.75. The van der Waals surface area contributed by atoms with Crippen molar-refractivity contribution in [1.82, 2.24) is 0 Å². The smallest absolute Gasteiger partial charge is 0.231 e. The summed E-state index contributed by atoms with van der Waals surface area (Å²) < 4.78 is 1.91. The van der Waals surface area contributed by atoms with Gasteiger partial charge in [0.15, 0.2) is 6.61 Å². The van der Waals surface area contributed by atoms with Crippen LogP contribution in [0.3, 0.4) is 0 Å². The molecule has 78 valence electrons. The van der Waals surface area contributed by atoms with Crippen LogP contribution in [-0.4, -0.2) is 6.61 Å². The lowest BCUT2D eigenvalue weighted by molar-refractivity contribution is -0.899. The number of nitrogens with zero attached hydrogens (tertiary/aromatic N) is 1. The van der Waals surface area contributed by atoms with Crippen molar-refractivity contribution in [2.45, 2.75) is 40.0 Å². The van der Waals surface area contributed by atoms with Gasteiger partial charge in [-0.15, -0.1) is 0 Å². The molecule has 0 N–H and O–H groups in total. The van der Waals surface area contributed by atoms with E-state index in [-0.39, 0.29) is 0 Å².